The molecule has 30 heavy (non-hydrogen) atoms. The Morgan fingerprint density at radius 3 is 2.00 bits per heavy atom. The molecular formula is C25H23NO4. The average Bonchev–Trinajstić information content (AvgIpc) is 3.03. The van der Waals surface area contributed by atoms with E-state index in [0.29, 0.717) is 5.56 Å². The highest BCUT2D eigenvalue weighted by atomic mass is 16.5. The summed E-state index contributed by atoms with van der Waals surface area (Å²) in [6.45, 7) is 3.92. The van der Waals surface area contributed by atoms with Crippen LogP contribution < -0.4 is 5.32 Å². The molecule has 5 heteroatoms. The molecule has 0 spiro atoms. The van der Waals surface area contributed by atoms with Gasteiger partial charge in [0, 0.05) is 5.92 Å². The highest BCUT2D eigenvalue weighted by Gasteiger charge is 2.30. The van der Waals surface area contributed by atoms with Gasteiger partial charge < -0.3 is 15.2 Å². The number of aryl methyl sites for hydroxylation is 2. The average molecular weight is 401 g/mol. The second-order valence-corrected chi connectivity index (χ2v) is 7.66. The largest absolute Gasteiger partial charge is 0.479 e. The third kappa shape index (κ3) is 3.79. The lowest BCUT2D eigenvalue weighted by molar-refractivity contribution is -0.139. The monoisotopic (exact) mass is 401 g/mol. The summed E-state index contributed by atoms with van der Waals surface area (Å²) in [5.41, 5.74) is 6.89. The molecule has 0 heterocycles. The Morgan fingerprint density at radius 1 is 0.933 bits per heavy atom. The zero-order valence-corrected chi connectivity index (χ0v) is 16.9. The van der Waals surface area contributed by atoms with E-state index in [1.54, 1.807) is 12.1 Å². The van der Waals surface area contributed by atoms with E-state index in [1.807, 2.05) is 56.3 Å². The normalized spacial score (nSPS) is 13.3. The highest BCUT2D eigenvalue weighted by molar-refractivity contribution is 5.82. The van der Waals surface area contributed by atoms with Crippen LogP contribution in [0.25, 0.3) is 11.1 Å². The van der Waals surface area contributed by atoms with Crippen LogP contribution in [0, 0.1) is 13.8 Å². The van der Waals surface area contributed by atoms with Crippen LogP contribution in [0.4, 0.5) is 4.79 Å². The third-order valence-electron chi connectivity index (χ3n) is 5.43. The second kappa shape index (κ2) is 8.03. The molecule has 0 radical (unpaired) electrons. The first-order chi connectivity index (χ1) is 14.4. The third-order valence-corrected chi connectivity index (χ3v) is 5.43. The van der Waals surface area contributed by atoms with Crippen LogP contribution in [0.15, 0.2) is 66.7 Å². The summed E-state index contributed by atoms with van der Waals surface area (Å²) in [7, 11) is 0. The molecule has 3 aromatic carbocycles. The fraction of sp³-hybridized carbons (Fsp3) is 0.200. The molecule has 2 N–H and O–H groups in total. The van der Waals surface area contributed by atoms with Gasteiger partial charge in [0.15, 0.2) is 6.04 Å². The highest BCUT2D eigenvalue weighted by Crippen LogP contribution is 2.44. The van der Waals surface area contributed by atoms with E-state index in [4.69, 9.17) is 4.74 Å². The summed E-state index contributed by atoms with van der Waals surface area (Å²) in [4.78, 5) is 24.3. The van der Waals surface area contributed by atoms with Crippen LogP contribution in [0.2, 0.25) is 0 Å². The number of amides is 1. The molecule has 3 aromatic rings. The van der Waals surface area contributed by atoms with Crippen molar-refractivity contribution in [1.29, 1.82) is 0 Å². The zero-order chi connectivity index (χ0) is 21.3. The zero-order valence-electron chi connectivity index (χ0n) is 16.9. The van der Waals surface area contributed by atoms with Gasteiger partial charge in [-0.05, 0) is 41.7 Å². The number of nitrogens with one attached hydrogen (secondary N) is 1. The van der Waals surface area contributed by atoms with Gasteiger partial charge in [-0.2, -0.15) is 0 Å². The van der Waals surface area contributed by atoms with Gasteiger partial charge in [0.05, 0.1) is 0 Å². The Morgan fingerprint density at radius 2 is 1.47 bits per heavy atom. The minimum atomic E-state index is -1.17. The Labute approximate surface area is 175 Å². The van der Waals surface area contributed by atoms with Gasteiger partial charge in [-0.15, -0.1) is 0 Å². The predicted molar refractivity (Wildman–Crippen MR) is 114 cm³/mol. The van der Waals surface area contributed by atoms with Crippen molar-refractivity contribution in [3.05, 3.63) is 94.5 Å². The summed E-state index contributed by atoms with van der Waals surface area (Å²) >= 11 is 0. The van der Waals surface area contributed by atoms with Gasteiger partial charge in [-0.1, -0.05) is 77.9 Å². The Hall–Kier alpha value is -3.60. The SMILES string of the molecule is Cc1cc(C)cc([C@H](NC(=O)OCC2c3ccccc3-c3ccccc32)C(=O)O)c1. The van der Waals surface area contributed by atoms with Crippen molar-refractivity contribution in [3.8, 4) is 11.1 Å². The summed E-state index contributed by atoms with van der Waals surface area (Å²) < 4.78 is 5.49. The van der Waals surface area contributed by atoms with E-state index in [0.717, 1.165) is 33.4 Å². The van der Waals surface area contributed by atoms with Crippen LogP contribution in [0.5, 0.6) is 0 Å². The van der Waals surface area contributed by atoms with Gasteiger partial charge in [-0.3, -0.25) is 0 Å². The molecule has 5 nitrogen and oxygen atoms in total. The first-order valence-electron chi connectivity index (χ1n) is 9.86. The molecule has 1 atom stereocenters. The molecule has 0 fully saturated rings. The van der Waals surface area contributed by atoms with Crippen LogP contribution in [-0.4, -0.2) is 23.8 Å². The molecule has 0 aliphatic heterocycles. The molecule has 4 rings (SSSR count). The second-order valence-electron chi connectivity index (χ2n) is 7.66. The number of hydrogen-bond acceptors (Lipinski definition) is 3. The van der Waals surface area contributed by atoms with Crippen molar-refractivity contribution in [2.45, 2.75) is 25.8 Å². The molecule has 1 aliphatic rings. The van der Waals surface area contributed by atoms with E-state index in [2.05, 4.69) is 17.4 Å². The number of fused-ring (bicyclic) bond motifs is 3. The maximum Gasteiger partial charge on any atom is 0.408 e. The quantitative estimate of drug-likeness (QED) is 0.633. The Kier molecular flexibility index (Phi) is 5.27. The summed E-state index contributed by atoms with van der Waals surface area (Å²) in [6.07, 6.45) is -0.747. The maximum atomic E-state index is 12.5. The first-order valence-corrected chi connectivity index (χ1v) is 9.86. The minimum absolute atomic E-state index is 0.0763. The standard InChI is InChI=1S/C25H23NO4/c1-15-11-16(2)13-17(12-15)23(24(27)28)26-25(29)30-14-22-20-9-5-3-7-18(20)19-8-4-6-10-21(19)22/h3-13,22-23H,14H2,1-2H3,(H,26,29)(H,27,28)/t23-/m0/s1. The van der Waals surface area contributed by atoms with E-state index in [1.165, 1.54) is 0 Å². The molecule has 1 amide bonds. The summed E-state index contributed by atoms with van der Waals surface area (Å²) in [6, 6.07) is 20.4. The number of rotatable bonds is 5. The number of alkyl carbamates (subject to hydrolysis) is 1. The molecule has 0 aromatic heterocycles. The number of carboxylic acid groups (broad SMARTS) is 1. The van der Waals surface area contributed by atoms with Crippen LogP contribution in [-0.2, 0) is 9.53 Å². The number of carboxylic acids is 1. The van der Waals surface area contributed by atoms with Crippen molar-refractivity contribution >= 4 is 12.1 Å². The molecule has 1 aliphatic carbocycles. The van der Waals surface area contributed by atoms with E-state index < -0.39 is 18.1 Å². The lowest BCUT2D eigenvalue weighted by atomic mass is 9.98. The van der Waals surface area contributed by atoms with E-state index in [9.17, 15) is 14.7 Å². The van der Waals surface area contributed by atoms with Crippen LogP contribution >= 0.6 is 0 Å². The number of carbonyl (C=O) groups excluding carboxylic acids is 1. The van der Waals surface area contributed by atoms with Gasteiger partial charge in [-0.25, -0.2) is 9.59 Å². The molecular weight excluding hydrogens is 378 g/mol. The Bertz CT molecular complexity index is 1060. The predicted octanol–water partition coefficient (Wildman–Crippen LogP) is 4.97. The Balaban J connectivity index is 1.50. The van der Waals surface area contributed by atoms with E-state index >= 15 is 0 Å². The van der Waals surface area contributed by atoms with Gasteiger partial charge in [0.25, 0.3) is 0 Å². The van der Waals surface area contributed by atoms with Crippen LogP contribution in [0.1, 0.15) is 39.8 Å². The van der Waals surface area contributed by atoms with Gasteiger partial charge in [0.1, 0.15) is 6.61 Å². The summed E-state index contributed by atoms with van der Waals surface area (Å²) in [5, 5.41) is 12.1. The fourth-order valence-electron chi connectivity index (χ4n) is 4.22. The minimum Gasteiger partial charge on any atom is -0.479 e. The lowest BCUT2D eigenvalue weighted by Crippen LogP contribution is -2.35. The smallest absolute Gasteiger partial charge is 0.408 e. The van der Waals surface area contributed by atoms with E-state index in [-0.39, 0.29) is 12.5 Å². The number of aliphatic carboxylic acids is 1. The number of hydrogen-bond donors (Lipinski definition) is 2. The van der Waals surface area contributed by atoms with Gasteiger partial charge in [0.2, 0.25) is 0 Å². The number of benzene rings is 3. The van der Waals surface area contributed by atoms with Crippen molar-refractivity contribution in [1.82, 2.24) is 5.32 Å². The van der Waals surface area contributed by atoms with Crippen LogP contribution in [0.3, 0.4) is 0 Å². The number of ether oxygens (including phenoxy) is 1. The van der Waals surface area contributed by atoms with Crippen molar-refractivity contribution in [3.63, 3.8) is 0 Å². The molecule has 0 bridgehead atoms. The lowest BCUT2D eigenvalue weighted by Gasteiger charge is -2.18. The molecule has 152 valence electrons. The van der Waals surface area contributed by atoms with Crippen molar-refractivity contribution < 1.29 is 19.4 Å². The number of carbonyl (C=O) groups is 2. The fourth-order valence-corrected chi connectivity index (χ4v) is 4.22. The topological polar surface area (TPSA) is 75.6 Å². The van der Waals surface area contributed by atoms with Crippen molar-refractivity contribution in [2.24, 2.45) is 0 Å². The maximum absolute atomic E-state index is 12.5. The molecule has 0 saturated heterocycles. The van der Waals surface area contributed by atoms with Gasteiger partial charge >= 0.3 is 12.1 Å². The summed E-state index contributed by atoms with van der Waals surface area (Å²) in [5.74, 6) is -1.21. The molecule has 0 unspecified atom stereocenters. The first kappa shape index (κ1) is 19.7. The molecule has 0 saturated carbocycles. The van der Waals surface area contributed by atoms with Crippen molar-refractivity contribution in [2.75, 3.05) is 6.61 Å².